The predicted octanol–water partition coefficient (Wildman–Crippen LogP) is 3.60. The summed E-state index contributed by atoms with van der Waals surface area (Å²) in [5.74, 6) is 0. The SMILES string of the molecule is Cc1cc([C@H]2[C@H](c3ccccn3)NC(=S)N2Cc2ccncc2)c(C)n1C. The fourth-order valence-corrected chi connectivity index (χ4v) is 4.09. The van der Waals surface area contributed by atoms with Crippen LogP contribution in [0.5, 0.6) is 0 Å². The molecule has 0 radical (unpaired) electrons. The van der Waals surface area contributed by atoms with E-state index in [1.54, 1.807) is 0 Å². The van der Waals surface area contributed by atoms with Gasteiger partial charge in [-0.2, -0.15) is 0 Å². The van der Waals surface area contributed by atoms with Crippen molar-refractivity contribution in [2.45, 2.75) is 32.5 Å². The van der Waals surface area contributed by atoms with Crippen LogP contribution in [0.4, 0.5) is 0 Å². The van der Waals surface area contributed by atoms with Gasteiger partial charge in [0.2, 0.25) is 0 Å². The van der Waals surface area contributed by atoms with E-state index in [4.69, 9.17) is 12.2 Å². The van der Waals surface area contributed by atoms with Crippen LogP contribution in [0.3, 0.4) is 0 Å². The third-order valence-corrected chi connectivity index (χ3v) is 5.79. The van der Waals surface area contributed by atoms with Crippen molar-refractivity contribution in [2.24, 2.45) is 7.05 Å². The summed E-state index contributed by atoms with van der Waals surface area (Å²) < 4.78 is 2.23. The molecule has 0 aromatic carbocycles. The second-order valence-electron chi connectivity index (χ2n) is 7.00. The second-order valence-corrected chi connectivity index (χ2v) is 7.38. The number of nitrogens with one attached hydrogen (secondary N) is 1. The van der Waals surface area contributed by atoms with Gasteiger partial charge in [0, 0.05) is 43.6 Å². The summed E-state index contributed by atoms with van der Waals surface area (Å²) in [6.45, 7) is 5.04. The Hall–Kier alpha value is -2.73. The van der Waals surface area contributed by atoms with Crippen molar-refractivity contribution in [2.75, 3.05) is 0 Å². The molecular formula is C21H23N5S. The first kappa shape index (κ1) is 17.7. The highest BCUT2D eigenvalue weighted by atomic mass is 32.1. The summed E-state index contributed by atoms with van der Waals surface area (Å²) in [5, 5.41) is 4.27. The van der Waals surface area contributed by atoms with Gasteiger partial charge in [0.15, 0.2) is 5.11 Å². The van der Waals surface area contributed by atoms with E-state index in [0.717, 1.165) is 17.4 Å². The largest absolute Gasteiger partial charge is 0.352 e. The van der Waals surface area contributed by atoms with Gasteiger partial charge in [-0.05, 0) is 67.5 Å². The minimum atomic E-state index is 0.0148. The van der Waals surface area contributed by atoms with Crippen LogP contribution in [0.25, 0.3) is 0 Å². The van der Waals surface area contributed by atoms with Crippen molar-refractivity contribution in [1.82, 2.24) is 24.8 Å². The third-order valence-electron chi connectivity index (χ3n) is 5.43. The number of nitrogens with zero attached hydrogens (tertiary/aromatic N) is 4. The average Bonchev–Trinajstić information content (AvgIpc) is 3.14. The lowest BCUT2D eigenvalue weighted by Crippen LogP contribution is -2.29. The van der Waals surface area contributed by atoms with E-state index in [9.17, 15) is 0 Å². The summed E-state index contributed by atoms with van der Waals surface area (Å²) in [4.78, 5) is 11.0. The quantitative estimate of drug-likeness (QED) is 0.704. The van der Waals surface area contributed by atoms with Gasteiger partial charge in [-0.25, -0.2) is 0 Å². The molecule has 1 N–H and O–H groups in total. The summed E-state index contributed by atoms with van der Waals surface area (Å²) in [5.41, 5.74) is 5.97. The standard InChI is InChI=1S/C21H23N5S/c1-14-12-17(15(2)25(14)3)20-19(18-6-4-5-9-23-18)24-21(27)26(20)13-16-7-10-22-11-8-16/h4-12,19-20H,13H2,1-3H3,(H,24,27)/t19-,20-/m0/s1. The Bertz CT molecular complexity index is 951. The molecule has 1 fully saturated rings. The fourth-order valence-electron chi connectivity index (χ4n) is 3.78. The number of thiocarbonyl (C=S) groups is 1. The Kier molecular flexibility index (Phi) is 4.66. The lowest BCUT2D eigenvalue weighted by molar-refractivity contribution is 0.310. The average molecular weight is 378 g/mol. The Labute approximate surface area is 165 Å². The van der Waals surface area contributed by atoms with Crippen LogP contribution in [0.15, 0.2) is 55.0 Å². The summed E-state index contributed by atoms with van der Waals surface area (Å²) >= 11 is 5.74. The van der Waals surface area contributed by atoms with Crippen LogP contribution < -0.4 is 5.32 Å². The smallest absolute Gasteiger partial charge is 0.170 e. The predicted molar refractivity (Wildman–Crippen MR) is 110 cm³/mol. The zero-order chi connectivity index (χ0) is 19.0. The van der Waals surface area contributed by atoms with Gasteiger partial charge in [-0.15, -0.1) is 0 Å². The maximum atomic E-state index is 5.74. The molecule has 3 aromatic rings. The molecule has 2 atom stereocenters. The molecular weight excluding hydrogens is 354 g/mol. The molecule has 1 aliphatic heterocycles. The molecule has 1 saturated heterocycles. The number of aryl methyl sites for hydroxylation is 1. The molecule has 4 rings (SSSR count). The highest BCUT2D eigenvalue weighted by Gasteiger charge is 2.41. The topological polar surface area (TPSA) is 46.0 Å². The monoisotopic (exact) mass is 377 g/mol. The maximum Gasteiger partial charge on any atom is 0.170 e. The Morgan fingerprint density at radius 2 is 1.89 bits per heavy atom. The number of aromatic nitrogens is 3. The van der Waals surface area contributed by atoms with Crippen LogP contribution in [-0.4, -0.2) is 24.5 Å². The maximum absolute atomic E-state index is 5.74. The molecule has 138 valence electrons. The molecule has 4 heterocycles. The van der Waals surface area contributed by atoms with Gasteiger partial charge in [0.05, 0.1) is 17.8 Å². The fraction of sp³-hybridized carbons (Fsp3) is 0.286. The van der Waals surface area contributed by atoms with Crippen LogP contribution in [0.2, 0.25) is 0 Å². The zero-order valence-corrected chi connectivity index (χ0v) is 16.6. The highest BCUT2D eigenvalue weighted by molar-refractivity contribution is 7.80. The van der Waals surface area contributed by atoms with Crippen LogP contribution in [-0.2, 0) is 13.6 Å². The highest BCUT2D eigenvalue weighted by Crippen LogP contribution is 2.41. The van der Waals surface area contributed by atoms with Crippen LogP contribution in [0.1, 0.15) is 40.3 Å². The molecule has 6 heteroatoms. The molecule has 0 spiro atoms. The van der Waals surface area contributed by atoms with Crippen molar-refractivity contribution in [3.05, 3.63) is 83.2 Å². The first-order valence-corrected chi connectivity index (χ1v) is 9.47. The lowest BCUT2D eigenvalue weighted by Gasteiger charge is -2.28. The van der Waals surface area contributed by atoms with Gasteiger partial charge < -0.3 is 14.8 Å². The number of pyridine rings is 2. The molecule has 0 unspecified atom stereocenters. The molecule has 0 amide bonds. The molecule has 5 nitrogen and oxygen atoms in total. The van der Waals surface area contributed by atoms with Gasteiger partial charge in [-0.1, -0.05) is 6.07 Å². The molecule has 0 aliphatic carbocycles. The first-order valence-electron chi connectivity index (χ1n) is 9.06. The van der Waals surface area contributed by atoms with Crippen molar-refractivity contribution in [3.63, 3.8) is 0 Å². The minimum Gasteiger partial charge on any atom is -0.352 e. The van der Waals surface area contributed by atoms with Crippen molar-refractivity contribution < 1.29 is 0 Å². The van der Waals surface area contributed by atoms with Gasteiger partial charge in [0.25, 0.3) is 0 Å². The Balaban J connectivity index is 1.79. The molecule has 3 aromatic heterocycles. The van der Waals surface area contributed by atoms with E-state index in [0.29, 0.717) is 0 Å². The lowest BCUT2D eigenvalue weighted by atomic mass is 9.96. The van der Waals surface area contributed by atoms with Gasteiger partial charge >= 0.3 is 0 Å². The van der Waals surface area contributed by atoms with Gasteiger partial charge in [0.1, 0.15) is 0 Å². The van der Waals surface area contributed by atoms with Gasteiger partial charge in [-0.3, -0.25) is 9.97 Å². The number of hydrogen-bond acceptors (Lipinski definition) is 3. The van der Waals surface area contributed by atoms with E-state index in [1.165, 1.54) is 22.5 Å². The van der Waals surface area contributed by atoms with Crippen LogP contribution >= 0.6 is 12.2 Å². The molecule has 27 heavy (non-hydrogen) atoms. The number of hydrogen-bond donors (Lipinski definition) is 1. The molecule has 0 saturated carbocycles. The van der Waals surface area contributed by atoms with Crippen molar-refractivity contribution in [3.8, 4) is 0 Å². The summed E-state index contributed by atoms with van der Waals surface area (Å²) in [6.07, 6.45) is 5.49. The molecule has 0 bridgehead atoms. The van der Waals surface area contributed by atoms with E-state index >= 15 is 0 Å². The van der Waals surface area contributed by atoms with E-state index < -0.39 is 0 Å². The van der Waals surface area contributed by atoms with E-state index in [-0.39, 0.29) is 12.1 Å². The van der Waals surface area contributed by atoms with E-state index in [1.807, 2.05) is 42.9 Å². The van der Waals surface area contributed by atoms with Crippen molar-refractivity contribution >= 4 is 17.3 Å². The minimum absolute atomic E-state index is 0.0148. The first-order chi connectivity index (χ1) is 13.1. The third kappa shape index (κ3) is 3.21. The van der Waals surface area contributed by atoms with Crippen molar-refractivity contribution in [1.29, 1.82) is 0 Å². The van der Waals surface area contributed by atoms with E-state index in [2.05, 4.69) is 57.8 Å². The second kappa shape index (κ2) is 7.12. The normalized spacial score (nSPS) is 19.4. The summed E-state index contributed by atoms with van der Waals surface area (Å²) in [7, 11) is 2.11. The summed E-state index contributed by atoms with van der Waals surface area (Å²) in [6, 6.07) is 12.5. The zero-order valence-electron chi connectivity index (χ0n) is 15.8. The number of rotatable bonds is 4. The Morgan fingerprint density at radius 3 is 2.52 bits per heavy atom. The Morgan fingerprint density at radius 1 is 1.11 bits per heavy atom. The molecule has 1 aliphatic rings. The van der Waals surface area contributed by atoms with Crippen LogP contribution in [0, 0.1) is 13.8 Å².